The summed E-state index contributed by atoms with van der Waals surface area (Å²) in [6, 6.07) is 10.5. The highest BCUT2D eigenvalue weighted by Crippen LogP contribution is 2.09. The summed E-state index contributed by atoms with van der Waals surface area (Å²) in [5.41, 5.74) is 1.71. The van der Waals surface area contributed by atoms with Crippen LogP contribution in [0, 0.1) is 6.92 Å². The maximum atomic E-state index is 12.3. The van der Waals surface area contributed by atoms with Crippen LogP contribution in [0.2, 0.25) is 0 Å². The molecule has 5 nitrogen and oxygen atoms in total. The van der Waals surface area contributed by atoms with Gasteiger partial charge in [0.2, 0.25) is 0 Å². The maximum absolute atomic E-state index is 12.3. The predicted octanol–water partition coefficient (Wildman–Crippen LogP) is 2.45. The molecule has 2 aromatic rings. The van der Waals surface area contributed by atoms with E-state index in [-0.39, 0.29) is 17.5 Å². The summed E-state index contributed by atoms with van der Waals surface area (Å²) in [6.07, 6.45) is 3.01. The van der Waals surface area contributed by atoms with Gasteiger partial charge in [0, 0.05) is 25.7 Å². The Morgan fingerprint density at radius 1 is 1.14 bits per heavy atom. The summed E-state index contributed by atoms with van der Waals surface area (Å²) in [5.74, 6) is -0.153. The Labute approximate surface area is 129 Å². The number of carbonyl (C=O) groups excluding carboxylic acids is 2. The first-order chi connectivity index (χ1) is 10.5. The lowest BCUT2D eigenvalue weighted by Gasteiger charge is -2.14. The molecule has 0 bridgehead atoms. The van der Waals surface area contributed by atoms with Gasteiger partial charge in [-0.3, -0.25) is 9.59 Å². The predicted molar refractivity (Wildman–Crippen MR) is 84.0 cm³/mol. The van der Waals surface area contributed by atoms with Crippen LogP contribution in [0.4, 0.5) is 0 Å². The highest BCUT2D eigenvalue weighted by atomic mass is 16.3. The van der Waals surface area contributed by atoms with Crippen molar-refractivity contribution < 1.29 is 14.0 Å². The molecule has 0 unspecified atom stereocenters. The average molecular weight is 298 g/mol. The fourth-order valence-corrected chi connectivity index (χ4v) is 1.81. The van der Waals surface area contributed by atoms with Gasteiger partial charge < -0.3 is 14.6 Å². The summed E-state index contributed by atoms with van der Waals surface area (Å²) in [5, 5.41) is 2.64. The van der Waals surface area contributed by atoms with Gasteiger partial charge in [0.15, 0.2) is 0 Å². The van der Waals surface area contributed by atoms with E-state index in [1.807, 2.05) is 19.1 Å². The van der Waals surface area contributed by atoms with Crippen molar-refractivity contribution in [3.8, 4) is 0 Å². The van der Waals surface area contributed by atoms with E-state index in [1.165, 1.54) is 17.2 Å². The van der Waals surface area contributed by atoms with Crippen molar-refractivity contribution >= 4 is 17.9 Å². The van der Waals surface area contributed by atoms with Crippen LogP contribution in [-0.2, 0) is 4.79 Å². The summed E-state index contributed by atoms with van der Waals surface area (Å²) in [6.45, 7) is 1.94. The number of rotatable bonds is 4. The SMILES string of the molecule is Cc1ccc(C(=O)N/C(=C\c2ccco2)C(=O)N(C)C)cc1. The van der Waals surface area contributed by atoms with E-state index in [0.717, 1.165) is 5.56 Å². The number of aryl methyl sites for hydroxylation is 1. The quantitative estimate of drug-likeness (QED) is 0.882. The second-order valence-corrected chi connectivity index (χ2v) is 5.09. The molecule has 0 saturated heterocycles. The number of carbonyl (C=O) groups is 2. The number of furan rings is 1. The highest BCUT2D eigenvalue weighted by Gasteiger charge is 2.16. The van der Waals surface area contributed by atoms with Gasteiger partial charge in [-0.15, -0.1) is 0 Å². The van der Waals surface area contributed by atoms with E-state index in [1.54, 1.807) is 38.4 Å². The molecule has 2 rings (SSSR count). The lowest BCUT2D eigenvalue weighted by Crippen LogP contribution is -2.34. The Morgan fingerprint density at radius 2 is 1.82 bits per heavy atom. The number of nitrogens with zero attached hydrogens (tertiary/aromatic N) is 1. The third-order valence-electron chi connectivity index (χ3n) is 3.03. The molecule has 114 valence electrons. The maximum Gasteiger partial charge on any atom is 0.269 e. The minimum absolute atomic E-state index is 0.158. The van der Waals surface area contributed by atoms with Gasteiger partial charge in [-0.2, -0.15) is 0 Å². The van der Waals surface area contributed by atoms with Crippen molar-refractivity contribution in [2.45, 2.75) is 6.92 Å². The van der Waals surface area contributed by atoms with Gasteiger partial charge in [-0.25, -0.2) is 0 Å². The molecule has 1 N–H and O–H groups in total. The molecule has 0 aliphatic heterocycles. The van der Waals surface area contributed by atoms with Crippen molar-refractivity contribution in [2.24, 2.45) is 0 Å². The third-order valence-corrected chi connectivity index (χ3v) is 3.03. The van der Waals surface area contributed by atoms with Crippen molar-refractivity contribution in [3.63, 3.8) is 0 Å². The molecule has 0 aliphatic rings. The fraction of sp³-hybridized carbons (Fsp3) is 0.176. The summed E-state index contributed by atoms with van der Waals surface area (Å²) in [4.78, 5) is 25.9. The smallest absolute Gasteiger partial charge is 0.269 e. The lowest BCUT2D eigenvalue weighted by molar-refractivity contribution is -0.124. The summed E-state index contributed by atoms with van der Waals surface area (Å²) >= 11 is 0. The van der Waals surface area contributed by atoms with Crippen LogP contribution in [0.3, 0.4) is 0 Å². The molecule has 0 radical (unpaired) electrons. The first-order valence-electron chi connectivity index (χ1n) is 6.82. The molecule has 0 atom stereocenters. The zero-order chi connectivity index (χ0) is 16.1. The van der Waals surface area contributed by atoms with Crippen molar-refractivity contribution in [1.29, 1.82) is 0 Å². The number of nitrogens with one attached hydrogen (secondary N) is 1. The van der Waals surface area contributed by atoms with Crippen molar-refractivity contribution in [1.82, 2.24) is 10.2 Å². The van der Waals surface area contributed by atoms with Gasteiger partial charge in [0.25, 0.3) is 11.8 Å². The molecule has 5 heteroatoms. The Bertz CT molecular complexity index is 683. The number of amides is 2. The van der Waals surface area contributed by atoms with Crippen molar-refractivity contribution in [3.05, 3.63) is 65.2 Å². The highest BCUT2D eigenvalue weighted by molar-refractivity contribution is 6.04. The van der Waals surface area contributed by atoms with Crippen LogP contribution in [0.5, 0.6) is 0 Å². The van der Waals surface area contributed by atoms with E-state index in [4.69, 9.17) is 4.42 Å². The minimum atomic E-state index is -0.340. The Hall–Kier alpha value is -2.82. The summed E-state index contributed by atoms with van der Waals surface area (Å²) in [7, 11) is 3.24. The third kappa shape index (κ3) is 3.85. The van der Waals surface area contributed by atoms with Crippen LogP contribution in [-0.4, -0.2) is 30.8 Å². The Morgan fingerprint density at radius 3 is 2.36 bits per heavy atom. The molecular formula is C17H18N2O3. The van der Waals surface area contributed by atoms with Crippen LogP contribution >= 0.6 is 0 Å². The molecule has 0 spiro atoms. The molecule has 0 saturated carbocycles. The number of hydrogen-bond acceptors (Lipinski definition) is 3. The van der Waals surface area contributed by atoms with Gasteiger partial charge in [0.1, 0.15) is 11.5 Å². The number of benzene rings is 1. The Kier molecular flexibility index (Phi) is 4.78. The van der Waals surface area contributed by atoms with E-state index in [2.05, 4.69) is 5.32 Å². The van der Waals surface area contributed by atoms with E-state index < -0.39 is 0 Å². The second kappa shape index (κ2) is 6.76. The van der Waals surface area contributed by atoms with Crippen LogP contribution in [0.15, 0.2) is 52.8 Å². The molecule has 0 aliphatic carbocycles. The monoisotopic (exact) mass is 298 g/mol. The molecule has 1 aromatic carbocycles. The van der Waals surface area contributed by atoms with Crippen LogP contribution in [0.25, 0.3) is 6.08 Å². The molecule has 1 heterocycles. The topological polar surface area (TPSA) is 62.6 Å². The van der Waals surface area contributed by atoms with E-state index in [9.17, 15) is 9.59 Å². The first-order valence-corrected chi connectivity index (χ1v) is 6.82. The van der Waals surface area contributed by atoms with Crippen LogP contribution < -0.4 is 5.32 Å². The van der Waals surface area contributed by atoms with Crippen LogP contribution in [0.1, 0.15) is 21.7 Å². The second-order valence-electron chi connectivity index (χ2n) is 5.09. The van der Waals surface area contributed by atoms with E-state index >= 15 is 0 Å². The molecule has 22 heavy (non-hydrogen) atoms. The van der Waals surface area contributed by atoms with Gasteiger partial charge in [0.05, 0.1) is 6.26 Å². The first kappa shape index (κ1) is 15.6. The number of hydrogen-bond donors (Lipinski definition) is 1. The zero-order valence-electron chi connectivity index (χ0n) is 12.8. The van der Waals surface area contributed by atoms with E-state index in [0.29, 0.717) is 11.3 Å². The molecule has 1 aromatic heterocycles. The molecule has 0 fully saturated rings. The standard InChI is InChI=1S/C17H18N2O3/c1-12-6-8-13(9-7-12)16(20)18-15(17(21)19(2)3)11-14-5-4-10-22-14/h4-11H,1-3H3,(H,18,20)/b15-11-. The largest absolute Gasteiger partial charge is 0.465 e. The molecule has 2 amide bonds. The number of likely N-dealkylation sites (N-methyl/N-ethyl adjacent to an activating group) is 1. The van der Waals surface area contributed by atoms with Gasteiger partial charge >= 0.3 is 0 Å². The molecular weight excluding hydrogens is 280 g/mol. The van der Waals surface area contributed by atoms with Gasteiger partial charge in [-0.05, 0) is 31.2 Å². The Balaban J connectivity index is 2.24. The summed E-state index contributed by atoms with van der Waals surface area (Å²) < 4.78 is 5.20. The normalized spacial score (nSPS) is 11.1. The minimum Gasteiger partial charge on any atom is -0.465 e. The fourth-order valence-electron chi connectivity index (χ4n) is 1.81. The average Bonchev–Trinajstić information content (AvgIpc) is 2.99. The van der Waals surface area contributed by atoms with Gasteiger partial charge in [-0.1, -0.05) is 17.7 Å². The zero-order valence-corrected chi connectivity index (χ0v) is 12.8. The lowest BCUT2D eigenvalue weighted by atomic mass is 10.1. The van der Waals surface area contributed by atoms with Crippen molar-refractivity contribution in [2.75, 3.05) is 14.1 Å².